The number of aliphatic hydroxyl groups is 1. The van der Waals surface area contributed by atoms with E-state index in [0.29, 0.717) is 17.3 Å². The highest BCUT2D eigenvalue weighted by molar-refractivity contribution is 5.82. The van der Waals surface area contributed by atoms with Crippen molar-refractivity contribution < 1.29 is 5.11 Å². The summed E-state index contributed by atoms with van der Waals surface area (Å²) >= 11 is 0. The van der Waals surface area contributed by atoms with Crippen LogP contribution in [0.25, 0.3) is 28.1 Å². The largest absolute Gasteiger partial charge is 0.389 e. The zero-order chi connectivity index (χ0) is 22.9. The second-order valence-electron chi connectivity index (χ2n) is 7.92. The van der Waals surface area contributed by atoms with Crippen LogP contribution in [0.4, 0.5) is 11.5 Å². The summed E-state index contributed by atoms with van der Waals surface area (Å²) in [6.07, 6.45) is 2.85. The van der Waals surface area contributed by atoms with Gasteiger partial charge in [-0.1, -0.05) is 6.07 Å². The number of benzene rings is 1. The SMILES string of the molecule is Cc1ccc(Nc2ccc3c(c2)ncn3-c2ccc(C(C)O)c(-c3cccnc3C)n2)nn1. The highest BCUT2D eigenvalue weighted by atomic mass is 16.3. The van der Waals surface area contributed by atoms with E-state index in [1.165, 1.54) is 0 Å². The zero-order valence-electron chi connectivity index (χ0n) is 18.6. The van der Waals surface area contributed by atoms with Gasteiger partial charge in [0.15, 0.2) is 5.82 Å². The number of pyridine rings is 2. The maximum absolute atomic E-state index is 10.3. The van der Waals surface area contributed by atoms with Gasteiger partial charge >= 0.3 is 0 Å². The first-order valence-electron chi connectivity index (χ1n) is 10.7. The number of fused-ring (bicyclic) bond motifs is 1. The van der Waals surface area contributed by atoms with E-state index in [0.717, 1.165) is 39.2 Å². The first kappa shape index (κ1) is 20.7. The molecule has 5 aromatic rings. The molecule has 2 N–H and O–H groups in total. The van der Waals surface area contributed by atoms with Crippen molar-refractivity contribution in [1.82, 2.24) is 29.7 Å². The highest BCUT2D eigenvalue weighted by Crippen LogP contribution is 2.30. The molecule has 1 aromatic carbocycles. The Morgan fingerprint density at radius 3 is 2.61 bits per heavy atom. The molecule has 0 aliphatic rings. The van der Waals surface area contributed by atoms with Crippen molar-refractivity contribution in [3.05, 3.63) is 84.1 Å². The Balaban J connectivity index is 1.54. The van der Waals surface area contributed by atoms with E-state index in [1.54, 1.807) is 19.4 Å². The maximum atomic E-state index is 10.3. The van der Waals surface area contributed by atoms with Crippen molar-refractivity contribution in [3.8, 4) is 17.1 Å². The van der Waals surface area contributed by atoms with Crippen LogP contribution < -0.4 is 5.32 Å². The van der Waals surface area contributed by atoms with Crippen molar-refractivity contribution in [3.63, 3.8) is 0 Å². The summed E-state index contributed by atoms with van der Waals surface area (Å²) in [5.41, 5.74) is 6.69. The van der Waals surface area contributed by atoms with Crippen LogP contribution in [0.3, 0.4) is 0 Å². The van der Waals surface area contributed by atoms with Gasteiger partial charge in [-0.15, -0.1) is 5.10 Å². The lowest BCUT2D eigenvalue weighted by Crippen LogP contribution is -2.04. The van der Waals surface area contributed by atoms with Crippen LogP contribution in [0.5, 0.6) is 0 Å². The molecular weight excluding hydrogens is 414 g/mol. The smallest absolute Gasteiger partial charge is 0.153 e. The van der Waals surface area contributed by atoms with Gasteiger partial charge in [0, 0.05) is 28.7 Å². The number of imidazole rings is 1. The van der Waals surface area contributed by atoms with E-state index in [1.807, 2.05) is 73.0 Å². The van der Waals surface area contributed by atoms with E-state index >= 15 is 0 Å². The summed E-state index contributed by atoms with van der Waals surface area (Å²) in [4.78, 5) is 13.9. The summed E-state index contributed by atoms with van der Waals surface area (Å²) in [5.74, 6) is 1.39. The first-order chi connectivity index (χ1) is 16.0. The predicted molar refractivity (Wildman–Crippen MR) is 128 cm³/mol. The van der Waals surface area contributed by atoms with Crippen LogP contribution in [0.15, 0.2) is 67.1 Å². The standard InChI is InChI=1S/C25H23N7O/c1-15-6-10-23(31-30-15)28-18-7-9-22-21(13-18)27-14-32(22)24-11-8-20(17(3)33)25(29-24)19-5-4-12-26-16(19)2/h4-14,17,33H,1-3H3,(H,28,31). The molecule has 0 aliphatic carbocycles. The van der Waals surface area contributed by atoms with Crippen LogP contribution in [0.2, 0.25) is 0 Å². The minimum absolute atomic E-state index is 0.654. The highest BCUT2D eigenvalue weighted by Gasteiger charge is 2.16. The summed E-state index contributed by atoms with van der Waals surface area (Å²) < 4.78 is 1.94. The molecule has 0 bridgehead atoms. The second kappa shape index (κ2) is 8.40. The molecule has 0 saturated carbocycles. The van der Waals surface area contributed by atoms with Crippen molar-refractivity contribution in [2.24, 2.45) is 0 Å². The van der Waals surface area contributed by atoms with E-state index in [2.05, 4.69) is 25.5 Å². The van der Waals surface area contributed by atoms with Crippen molar-refractivity contribution in [2.75, 3.05) is 5.32 Å². The molecule has 33 heavy (non-hydrogen) atoms. The van der Waals surface area contributed by atoms with E-state index in [9.17, 15) is 5.11 Å². The van der Waals surface area contributed by atoms with Gasteiger partial charge in [0.25, 0.3) is 0 Å². The Hall–Kier alpha value is -4.17. The minimum atomic E-state index is -0.654. The van der Waals surface area contributed by atoms with Gasteiger partial charge in [-0.25, -0.2) is 9.97 Å². The van der Waals surface area contributed by atoms with Crippen LogP contribution in [0.1, 0.15) is 30.0 Å². The van der Waals surface area contributed by atoms with Crippen molar-refractivity contribution in [2.45, 2.75) is 26.9 Å². The molecule has 0 aliphatic heterocycles. The van der Waals surface area contributed by atoms with E-state index in [-0.39, 0.29) is 0 Å². The molecular formula is C25H23N7O. The summed E-state index contributed by atoms with van der Waals surface area (Å²) in [6.45, 7) is 5.58. The molecule has 4 heterocycles. The number of aryl methyl sites for hydroxylation is 2. The Labute approximate surface area is 191 Å². The van der Waals surface area contributed by atoms with Gasteiger partial charge in [-0.2, -0.15) is 5.10 Å². The van der Waals surface area contributed by atoms with Gasteiger partial charge in [0.05, 0.1) is 28.5 Å². The number of hydrogen-bond acceptors (Lipinski definition) is 7. The van der Waals surface area contributed by atoms with Crippen molar-refractivity contribution in [1.29, 1.82) is 0 Å². The van der Waals surface area contributed by atoms with Gasteiger partial charge in [-0.3, -0.25) is 9.55 Å². The number of hydrogen-bond donors (Lipinski definition) is 2. The molecule has 0 fully saturated rings. The minimum Gasteiger partial charge on any atom is -0.389 e. The number of nitrogens with one attached hydrogen (secondary N) is 1. The fourth-order valence-corrected chi connectivity index (χ4v) is 3.77. The molecule has 8 heteroatoms. The molecule has 0 amide bonds. The quantitative estimate of drug-likeness (QED) is 0.411. The van der Waals surface area contributed by atoms with E-state index in [4.69, 9.17) is 4.98 Å². The topological polar surface area (TPSA) is 102 Å². The predicted octanol–water partition coefficient (Wildman–Crippen LogP) is 4.69. The van der Waals surface area contributed by atoms with Gasteiger partial charge < -0.3 is 10.4 Å². The lowest BCUT2D eigenvalue weighted by molar-refractivity contribution is 0.199. The fraction of sp³-hybridized carbons (Fsp3) is 0.160. The number of aromatic nitrogens is 6. The lowest BCUT2D eigenvalue weighted by atomic mass is 10.0. The molecule has 0 spiro atoms. The molecule has 8 nitrogen and oxygen atoms in total. The Kier molecular flexibility index (Phi) is 5.27. The average molecular weight is 438 g/mol. The number of rotatable bonds is 5. The summed E-state index contributed by atoms with van der Waals surface area (Å²) in [5, 5.41) is 21.8. The molecule has 1 unspecified atom stereocenters. The monoisotopic (exact) mass is 437 g/mol. The number of nitrogens with zero attached hydrogens (tertiary/aromatic N) is 6. The maximum Gasteiger partial charge on any atom is 0.153 e. The average Bonchev–Trinajstić information content (AvgIpc) is 3.24. The van der Waals surface area contributed by atoms with Crippen LogP contribution in [-0.4, -0.2) is 34.8 Å². The van der Waals surface area contributed by atoms with Gasteiger partial charge in [0.1, 0.15) is 12.1 Å². The molecule has 1 atom stereocenters. The van der Waals surface area contributed by atoms with Crippen LogP contribution in [-0.2, 0) is 0 Å². The van der Waals surface area contributed by atoms with E-state index < -0.39 is 6.10 Å². The molecule has 164 valence electrons. The molecule has 5 rings (SSSR count). The fourth-order valence-electron chi connectivity index (χ4n) is 3.77. The normalized spacial score (nSPS) is 12.1. The van der Waals surface area contributed by atoms with Crippen LogP contribution >= 0.6 is 0 Å². The summed E-state index contributed by atoms with van der Waals surface area (Å²) in [7, 11) is 0. The first-order valence-corrected chi connectivity index (χ1v) is 10.7. The molecule has 4 aromatic heterocycles. The Bertz CT molecular complexity index is 1440. The third-order valence-electron chi connectivity index (χ3n) is 5.49. The second-order valence-corrected chi connectivity index (χ2v) is 7.92. The zero-order valence-corrected chi connectivity index (χ0v) is 18.6. The third-order valence-corrected chi connectivity index (χ3v) is 5.49. The summed E-state index contributed by atoms with van der Waals surface area (Å²) in [6, 6.07) is 17.4. The van der Waals surface area contributed by atoms with Crippen LogP contribution in [0, 0.1) is 13.8 Å². The molecule has 0 radical (unpaired) electrons. The van der Waals surface area contributed by atoms with Crippen molar-refractivity contribution >= 4 is 22.5 Å². The Morgan fingerprint density at radius 2 is 1.85 bits per heavy atom. The molecule has 0 saturated heterocycles. The Morgan fingerprint density at radius 1 is 0.970 bits per heavy atom. The number of aliphatic hydroxyl groups excluding tert-OH is 1. The third kappa shape index (κ3) is 4.04. The number of anilines is 2. The lowest BCUT2D eigenvalue weighted by Gasteiger charge is -2.15. The van der Waals surface area contributed by atoms with Gasteiger partial charge in [-0.05, 0) is 69.3 Å². The van der Waals surface area contributed by atoms with Gasteiger partial charge in [0.2, 0.25) is 0 Å².